The minimum absolute atomic E-state index is 0.192. The van der Waals surface area contributed by atoms with Crippen molar-refractivity contribution < 1.29 is 18.7 Å². The fourth-order valence-electron chi connectivity index (χ4n) is 8.87. The van der Waals surface area contributed by atoms with Crippen LogP contribution in [0.4, 0.5) is 16.6 Å². The lowest BCUT2D eigenvalue weighted by atomic mass is 9.85. The van der Waals surface area contributed by atoms with Crippen molar-refractivity contribution in [2.45, 2.75) is 116 Å². The molecule has 1 fully saturated rings. The van der Waals surface area contributed by atoms with Gasteiger partial charge >= 0.3 is 6.03 Å². The first-order chi connectivity index (χ1) is 27.6. The first kappa shape index (κ1) is 41.6. The van der Waals surface area contributed by atoms with Gasteiger partial charge in [-0.25, -0.2) is 9.48 Å². The Bertz CT molecular complexity index is 2200. The van der Waals surface area contributed by atoms with Gasteiger partial charge in [0.05, 0.1) is 35.2 Å². The number of carbonyl (C=O) groups is 1. The van der Waals surface area contributed by atoms with Crippen molar-refractivity contribution in [2.24, 2.45) is 0 Å². The smallest absolute Gasteiger partial charge is 0.320 e. The van der Waals surface area contributed by atoms with Crippen molar-refractivity contribution in [3.8, 4) is 17.2 Å². The maximum atomic E-state index is 14.0. The highest BCUT2D eigenvalue weighted by atomic mass is 35.5. The second kappa shape index (κ2) is 16.9. The molecular weight excluding hydrogens is 768 g/mol. The molecule has 2 N–H and O–H groups in total. The average molecular weight is 828 g/mol. The molecule has 2 aliphatic rings. The van der Waals surface area contributed by atoms with Crippen LogP contribution in [0, 0.1) is 0 Å². The van der Waals surface area contributed by atoms with Crippen LogP contribution in [0.2, 0.25) is 21.6 Å². The van der Waals surface area contributed by atoms with Crippen LogP contribution >= 0.6 is 11.6 Å². The van der Waals surface area contributed by atoms with Crippen LogP contribution in [0.15, 0.2) is 66.9 Å². The van der Waals surface area contributed by atoms with E-state index < -0.39 is 8.32 Å². The number of benzene rings is 2. The quantitative estimate of drug-likeness (QED) is 0.126. The van der Waals surface area contributed by atoms with Crippen LogP contribution in [0.5, 0.6) is 11.5 Å². The third kappa shape index (κ3) is 8.44. The van der Waals surface area contributed by atoms with E-state index in [1.165, 1.54) is 0 Å². The molecule has 2 unspecified atom stereocenters. The number of fused-ring (bicyclic) bond motifs is 2. The highest BCUT2D eigenvalue weighted by Crippen LogP contribution is 2.45. The summed E-state index contributed by atoms with van der Waals surface area (Å²) in [5.74, 6) is 2.72. The number of ether oxygens (including phenoxy) is 2. The minimum atomic E-state index is -2.30. The molecule has 5 aromatic rings. The second-order valence-electron chi connectivity index (χ2n) is 17.6. The molecule has 310 valence electrons. The average Bonchev–Trinajstić information content (AvgIpc) is 3.70. The number of carbonyl (C=O) groups excluding carboxylic acids is 1. The van der Waals surface area contributed by atoms with Gasteiger partial charge < -0.3 is 24.1 Å². The van der Waals surface area contributed by atoms with E-state index in [2.05, 4.69) is 100 Å². The summed E-state index contributed by atoms with van der Waals surface area (Å²) in [7, 11) is -2.30. The van der Waals surface area contributed by atoms with Crippen LogP contribution in [-0.2, 0) is 10.2 Å². The molecule has 0 spiro atoms. The Kier molecular flexibility index (Phi) is 12.1. The number of anilines is 2. The largest absolute Gasteiger partial charge is 0.542 e. The number of halogens is 1. The molecule has 0 saturated carbocycles. The van der Waals surface area contributed by atoms with Gasteiger partial charge in [0.15, 0.2) is 5.65 Å². The van der Waals surface area contributed by atoms with Crippen LogP contribution in [0.1, 0.15) is 111 Å². The van der Waals surface area contributed by atoms with Gasteiger partial charge in [0, 0.05) is 37.2 Å². The molecule has 2 atom stereocenters. The molecule has 4 heterocycles. The Balaban J connectivity index is 1.11. The molecule has 2 amide bonds. The molecule has 2 aromatic carbocycles. The van der Waals surface area contributed by atoms with Gasteiger partial charge in [0.2, 0.25) is 5.95 Å². The summed E-state index contributed by atoms with van der Waals surface area (Å²) in [6, 6.07) is 19.2. The molecule has 1 aliphatic heterocycles. The summed E-state index contributed by atoms with van der Waals surface area (Å²) in [5, 5.41) is 20.9. The number of aromatic nitrogens is 5. The van der Waals surface area contributed by atoms with E-state index in [0.29, 0.717) is 52.7 Å². The summed E-state index contributed by atoms with van der Waals surface area (Å²) in [6.45, 7) is 22.9. The van der Waals surface area contributed by atoms with Crippen LogP contribution in [0.25, 0.3) is 11.3 Å². The number of hydrogen-bond donors (Lipinski definition) is 2. The fraction of sp³-hybridized carbons (Fsp3) is 0.500. The molecule has 12 nitrogen and oxygen atoms in total. The zero-order chi connectivity index (χ0) is 41.4. The normalized spacial score (nSPS) is 17.8. The monoisotopic (exact) mass is 826 g/mol. The van der Waals surface area contributed by atoms with Crippen LogP contribution in [-0.4, -0.2) is 65.0 Å². The lowest BCUT2D eigenvalue weighted by molar-refractivity contribution is 0.152. The third-order valence-corrected chi connectivity index (χ3v) is 18.1. The summed E-state index contributed by atoms with van der Waals surface area (Å²) in [6.07, 6.45) is 4.13. The molecule has 58 heavy (non-hydrogen) atoms. The molecule has 7 rings (SSSR count). The van der Waals surface area contributed by atoms with E-state index in [1.54, 1.807) is 4.68 Å². The highest BCUT2D eigenvalue weighted by Gasteiger charge is 2.47. The summed E-state index contributed by atoms with van der Waals surface area (Å²) in [5.41, 5.74) is 5.30. The Hall–Kier alpha value is -4.59. The summed E-state index contributed by atoms with van der Waals surface area (Å²) < 4.78 is 23.2. The van der Waals surface area contributed by atoms with E-state index in [0.717, 1.165) is 66.0 Å². The second-order valence-corrected chi connectivity index (χ2v) is 23.4. The number of nitrogens with one attached hydrogen (secondary N) is 2. The van der Waals surface area contributed by atoms with Crippen molar-refractivity contribution in [2.75, 3.05) is 36.5 Å². The Labute approximate surface area is 348 Å². The molecule has 3 aromatic heterocycles. The molecule has 0 bridgehead atoms. The van der Waals surface area contributed by atoms with Gasteiger partial charge in [-0.2, -0.15) is 5.10 Å². The molecule has 14 heteroatoms. The van der Waals surface area contributed by atoms with Gasteiger partial charge in [-0.1, -0.05) is 98.2 Å². The summed E-state index contributed by atoms with van der Waals surface area (Å²) >= 11 is 6.84. The van der Waals surface area contributed by atoms with E-state index >= 15 is 0 Å². The van der Waals surface area contributed by atoms with Crippen molar-refractivity contribution in [3.05, 3.63) is 88.7 Å². The predicted molar refractivity (Wildman–Crippen MR) is 234 cm³/mol. The maximum absolute atomic E-state index is 14.0. The van der Waals surface area contributed by atoms with Crippen molar-refractivity contribution in [3.63, 3.8) is 0 Å². The Morgan fingerprint density at radius 1 is 0.914 bits per heavy atom. The Morgan fingerprint density at radius 3 is 2.38 bits per heavy atom. The van der Waals surface area contributed by atoms with E-state index in [4.69, 9.17) is 30.6 Å². The topological polar surface area (TPSA) is 120 Å². The van der Waals surface area contributed by atoms with Crippen molar-refractivity contribution in [1.29, 1.82) is 0 Å². The van der Waals surface area contributed by atoms with Crippen molar-refractivity contribution >= 4 is 43.4 Å². The first-order valence-corrected chi connectivity index (χ1v) is 23.3. The number of rotatable bonds is 11. The van der Waals surface area contributed by atoms with Gasteiger partial charge in [-0.3, -0.25) is 9.72 Å². The van der Waals surface area contributed by atoms with Crippen LogP contribution < -0.4 is 24.7 Å². The summed E-state index contributed by atoms with van der Waals surface area (Å²) in [4.78, 5) is 16.2. The van der Waals surface area contributed by atoms with E-state index in [-0.39, 0.29) is 23.6 Å². The lowest BCUT2D eigenvalue weighted by Gasteiger charge is -2.42. The number of hydrogen-bond acceptors (Lipinski definition) is 8. The zero-order valence-electron chi connectivity index (χ0n) is 35.4. The van der Waals surface area contributed by atoms with E-state index in [9.17, 15) is 4.79 Å². The predicted octanol–water partition coefficient (Wildman–Crippen LogP) is 10.4. The van der Waals surface area contributed by atoms with Crippen LogP contribution in [0.3, 0.4) is 0 Å². The number of nitrogens with zero attached hydrogens (tertiary/aromatic N) is 6. The fourth-order valence-corrected chi connectivity index (χ4v) is 14.3. The van der Waals surface area contributed by atoms with Gasteiger partial charge in [0.1, 0.15) is 23.4 Å². The standard InChI is InChI=1S/C44H59ClN8O4Si/c1-28(2)58(29(3)4,30(5)6)57-38-25-31(15-17-35(38)45)53-41(26-39(50-53)44(7,8)9)47-42(54)46-36-18-19-37(34-14-11-10-13-33(34)36)56-32-16-20-40-48-49-43(52(40)27-32)51-21-12-23-55-24-22-51/h10-11,13-17,20,25-30,36-37H,12,18-19,21-24H2,1-9H3,(H2,46,47,54). The number of amides is 2. The molecule has 0 radical (unpaired) electrons. The number of pyridine rings is 1. The van der Waals surface area contributed by atoms with E-state index in [1.807, 2.05) is 59.1 Å². The minimum Gasteiger partial charge on any atom is -0.542 e. The van der Waals surface area contributed by atoms with Crippen molar-refractivity contribution in [1.82, 2.24) is 29.7 Å². The highest BCUT2D eigenvalue weighted by molar-refractivity contribution is 6.78. The third-order valence-electron chi connectivity index (χ3n) is 11.8. The number of urea groups is 1. The van der Waals surface area contributed by atoms with Gasteiger partial charge in [-0.05, 0) is 71.3 Å². The lowest BCUT2D eigenvalue weighted by Crippen LogP contribution is -2.50. The molecule has 1 aliphatic carbocycles. The van der Waals surface area contributed by atoms with Gasteiger partial charge in [0.25, 0.3) is 8.32 Å². The zero-order valence-corrected chi connectivity index (χ0v) is 37.1. The Morgan fingerprint density at radius 2 is 1.66 bits per heavy atom. The van der Waals surface area contributed by atoms with Gasteiger partial charge in [-0.15, -0.1) is 10.2 Å². The SMILES string of the molecule is CC(C)[Si](Oc1cc(-n2nc(C(C)(C)C)cc2NC(=O)NC2CCC(Oc3ccc4nnc(N5CCCOCC5)n4c3)c3ccccc32)ccc1Cl)(C(C)C)C(C)C. The maximum Gasteiger partial charge on any atom is 0.320 e. The molecule has 1 saturated heterocycles. The first-order valence-electron chi connectivity index (χ1n) is 20.8. The molecular formula is C44H59ClN8O4Si.